The summed E-state index contributed by atoms with van der Waals surface area (Å²) in [5, 5.41) is 5.86. The topological polar surface area (TPSA) is 50.9 Å². The van der Waals surface area contributed by atoms with E-state index in [-0.39, 0.29) is 0 Å². The minimum absolute atomic E-state index is 0.661. The highest BCUT2D eigenvalue weighted by atomic mass is 35.5. The van der Waals surface area contributed by atoms with E-state index in [0.29, 0.717) is 17.3 Å². The molecule has 1 aromatic carbocycles. The molecule has 0 atom stereocenters. The van der Waals surface area contributed by atoms with Crippen molar-refractivity contribution in [3.8, 4) is 0 Å². The summed E-state index contributed by atoms with van der Waals surface area (Å²) in [6.07, 6.45) is 0. The zero-order chi connectivity index (χ0) is 10.7. The van der Waals surface area contributed by atoms with Crippen LogP contribution in [0.15, 0.2) is 29.1 Å². The molecule has 0 saturated carbocycles. The number of nitrogens with one attached hydrogen (secondary N) is 1. The van der Waals surface area contributed by atoms with E-state index in [1.54, 1.807) is 29.0 Å². The van der Waals surface area contributed by atoms with E-state index in [2.05, 4.69) is 10.3 Å². The van der Waals surface area contributed by atoms with Crippen LogP contribution in [0.4, 0.5) is 11.4 Å². The fraction of sp³-hybridized carbons (Fsp3) is 0.100. The standard InChI is InChI=1S/C10H10ClN3S/c11-7-1-2-9(12)10(3-7)13-4-8-5-15-6-14-8/h1-3,5-6,13H,4,12H2. The number of anilines is 2. The monoisotopic (exact) mass is 239 g/mol. The molecule has 0 amide bonds. The van der Waals surface area contributed by atoms with Gasteiger partial charge >= 0.3 is 0 Å². The molecule has 1 aromatic heterocycles. The van der Waals surface area contributed by atoms with Crippen LogP contribution >= 0.6 is 22.9 Å². The van der Waals surface area contributed by atoms with Gasteiger partial charge < -0.3 is 11.1 Å². The highest BCUT2D eigenvalue weighted by Crippen LogP contribution is 2.23. The van der Waals surface area contributed by atoms with Crippen molar-refractivity contribution in [2.75, 3.05) is 11.1 Å². The van der Waals surface area contributed by atoms with Gasteiger partial charge in [0.2, 0.25) is 0 Å². The van der Waals surface area contributed by atoms with Gasteiger partial charge in [0.15, 0.2) is 0 Å². The molecule has 0 saturated heterocycles. The van der Waals surface area contributed by atoms with Gasteiger partial charge in [-0.15, -0.1) is 11.3 Å². The van der Waals surface area contributed by atoms with Gasteiger partial charge in [0.1, 0.15) is 0 Å². The van der Waals surface area contributed by atoms with Crippen LogP contribution in [0.3, 0.4) is 0 Å². The lowest BCUT2D eigenvalue weighted by Crippen LogP contribution is -2.02. The van der Waals surface area contributed by atoms with Crippen LogP contribution in [-0.2, 0) is 6.54 Å². The van der Waals surface area contributed by atoms with Crippen LogP contribution < -0.4 is 11.1 Å². The van der Waals surface area contributed by atoms with E-state index < -0.39 is 0 Å². The Morgan fingerprint density at radius 1 is 1.47 bits per heavy atom. The molecule has 0 unspecified atom stereocenters. The lowest BCUT2D eigenvalue weighted by Gasteiger charge is -2.07. The average Bonchev–Trinajstić information content (AvgIpc) is 2.72. The van der Waals surface area contributed by atoms with Gasteiger partial charge in [0.25, 0.3) is 0 Å². The second kappa shape index (κ2) is 4.51. The first-order valence-corrected chi connectivity index (χ1v) is 5.74. The maximum atomic E-state index is 5.87. The quantitative estimate of drug-likeness (QED) is 0.810. The van der Waals surface area contributed by atoms with Crippen LogP contribution in [0.25, 0.3) is 0 Å². The molecule has 15 heavy (non-hydrogen) atoms. The third-order valence-corrected chi connectivity index (χ3v) is 2.83. The summed E-state index contributed by atoms with van der Waals surface area (Å²) in [5.41, 5.74) is 10.1. The zero-order valence-electron chi connectivity index (χ0n) is 7.90. The van der Waals surface area contributed by atoms with Crippen molar-refractivity contribution in [1.29, 1.82) is 0 Å². The second-order valence-corrected chi connectivity index (χ2v) is 4.22. The Morgan fingerprint density at radius 2 is 2.33 bits per heavy atom. The summed E-state index contributed by atoms with van der Waals surface area (Å²) in [4.78, 5) is 4.17. The fourth-order valence-corrected chi connectivity index (χ4v) is 1.92. The van der Waals surface area contributed by atoms with E-state index in [9.17, 15) is 0 Å². The summed E-state index contributed by atoms with van der Waals surface area (Å²) in [6.45, 7) is 0.661. The molecule has 3 N–H and O–H groups in total. The van der Waals surface area contributed by atoms with Crippen LogP contribution in [0, 0.1) is 0 Å². The highest BCUT2D eigenvalue weighted by Gasteiger charge is 2.00. The summed E-state index contributed by atoms with van der Waals surface area (Å²) in [5.74, 6) is 0. The van der Waals surface area contributed by atoms with Crippen molar-refractivity contribution in [1.82, 2.24) is 4.98 Å². The lowest BCUT2D eigenvalue weighted by atomic mass is 10.2. The summed E-state index contributed by atoms with van der Waals surface area (Å²) < 4.78 is 0. The average molecular weight is 240 g/mol. The summed E-state index contributed by atoms with van der Waals surface area (Å²) in [6, 6.07) is 5.36. The molecule has 5 heteroatoms. The Kier molecular flexibility index (Phi) is 3.08. The Balaban J connectivity index is 2.07. The van der Waals surface area contributed by atoms with Gasteiger partial charge in [-0.05, 0) is 18.2 Å². The van der Waals surface area contributed by atoms with Crippen LogP contribution in [0.5, 0.6) is 0 Å². The number of thiazole rings is 1. The minimum atomic E-state index is 0.661. The SMILES string of the molecule is Nc1ccc(Cl)cc1NCc1cscn1. The number of benzene rings is 1. The number of nitrogens with zero attached hydrogens (tertiary/aromatic N) is 1. The first-order chi connectivity index (χ1) is 7.25. The molecular weight excluding hydrogens is 230 g/mol. The van der Waals surface area contributed by atoms with Gasteiger partial charge in [-0.3, -0.25) is 0 Å². The number of nitrogen functional groups attached to an aromatic ring is 1. The molecule has 0 bridgehead atoms. The Labute approximate surface area is 96.9 Å². The molecular formula is C10H10ClN3S. The highest BCUT2D eigenvalue weighted by molar-refractivity contribution is 7.07. The van der Waals surface area contributed by atoms with Gasteiger partial charge in [0.05, 0.1) is 29.1 Å². The number of nitrogens with two attached hydrogens (primary N) is 1. The molecule has 0 aliphatic carbocycles. The smallest absolute Gasteiger partial charge is 0.0795 e. The van der Waals surface area contributed by atoms with Gasteiger partial charge in [-0.2, -0.15) is 0 Å². The Hall–Kier alpha value is -1.26. The third-order valence-electron chi connectivity index (χ3n) is 1.96. The molecule has 1 heterocycles. The zero-order valence-corrected chi connectivity index (χ0v) is 9.48. The van der Waals surface area contributed by atoms with Crippen LogP contribution in [0.2, 0.25) is 5.02 Å². The van der Waals surface area contributed by atoms with E-state index in [4.69, 9.17) is 17.3 Å². The van der Waals surface area contributed by atoms with Crippen molar-refractivity contribution in [2.24, 2.45) is 0 Å². The molecule has 0 aliphatic rings. The van der Waals surface area contributed by atoms with E-state index >= 15 is 0 Å². The van der Waals surface area contributed by atoms with Crippen molar-refractivity contribution in [3.63, 3.8) is 0 Å². The summed E-state index contributed by atoms with van der Waals surface area (Å²) >= 11 is 7.44. The lowest BCUT2D eigenvalue weighted by molar-refractivity contribution is 1.08. The maximum Gasteiger partial charge on any atom is 0.0795 e. The maximum absolute atomic E-state index is 5.87. The number of hydrogen-bond donors (Lipinski definition) is 2. The van der Waals surface area contributed by atoms with E-state index in [1.165, 1.54) is 0 Å². The number of aromatic nitrogens is 1. The van der Waals surface area contributed by atoms with E-state index in [0.717, 1.165) is 11.4 Å². The van der Waals surface area contributed by atoms with Gasteiger partial charge in [-0.1, -0.05) is 11.6 Å². The Bertz CT molecular complexity index is 442. The van der Waals surface area contributed by atoms with Gasteiger partial charge in [-0.25, -0.2) is 4.98 Å². The van der Waals surface area contributed by atoms with Gasteiger partial charge in [0, 0.05) is 10.4 Å². The molecule has 2 rings (SSSR count). The molecule has 78 valence electrons. The predicted octanol–water partition coefficient (Wildman–Crippen LogP) is 2.99. The van der Waals surface area contributed by atoms with Crippen LogP contribution in [-0.4, -0.2) is 4.98 Å². The van der Waals surface area contributed by atoms with Crippen LogP contribution in [0.1, 0.15) is 5.69 Å². The second-order valence-electron chi connectivity index (χ2n) is 3.06. The molecule has 0 fully saturated rings. The molecule has 0 radical (unpaired) electrons. The van der Waals surface area contributed by atoms with Crippen molar-refractivity contribution in [2.45, 2.75) is 6.54 Å². The third kappa shape index (κ3) is 2.61. The largest absolute Gasteiger partial charge is 0.397 e. The summed E-state index contributed by atoms with van der Waals surface area (Å²) in [7, 11) is 0. The van der Waals surface area contributed by atoms with Crippen molar-refractivity contribution in [3.05, 3.63) is 39.8 Å². The first-order valence-electron chi connectivity index (χ1n) is 4.41. The number of halogens is 1. The first kappa shape index (κ1) is 10.3. The molecule has 0 aliphatic heterocycles. The minimum Gasteiger partial charge on any atom is -0.397 e. The molecule has 2 aromatic rings. The van der Waals surface area contributed by atoms with Crippen molar-refractivity contribution < 1.29 is 0 Å². The van der Waals surface area contributed by atoms with E-state index in [1.807, 2.05) is 11.4 Å². The Morgan fingerprint density at radius 3 is 3.07 bits per heavy atom. The molecule has 3 nitrogen and oxygen atoms in total. The number of rotatable bonds is 3. The van der Waals surface area contributed by atoms with Crippen molar-refractivity contribution >= 4 is 34.3 Å². The predicted molar refractivity (Wildman–Crippen MR) is 65.3 cm³/mol. The normalized spacial score (nSPS) is 10.2. The molecule has 0 spiro atoms. The fourth-order valence-electron chi connectivity index (χ4n) is 1.19. The number of hydrogen-bond acceptors (Lipinski definition) is 4.